The quantitative estimate of drug-likeness (QED) is 0.301. The van der Waals surface area contributed by atoms with Crippen LogP contribution in [0.2, 0.25) is 18.1 Å². The Morgan fingerprint density at radius 1 is 1.08 bits per heavy atom. The van der Waals surface area contributed by atoms with E-state index in [1.807, 2.05) is 12.1 Å². The molecule has 0 bridgehead atoms. The van der Waals surface area contributed by atoms with Crippen LogP contribution in [-0.4, -0.2) is 81.5 Å². The Kier molecular flexibility index (Phi) is 9.81. The van der Waals surface area contributed by atoms with Gasteiger partial charge < -0.3 is 23.5 Å². The SMILES string of the molecule is COc1ccc(CN2CC(N(CCC(=O)CO[Si](C)(C)C(C)(C)C)C(=O)OC(C)(C)C)C2=O)c(OC)c1. The summed E-state index contributed by atoms with van der Waals surface area (Å²) in [6.45, 7) is 16.6. The molecule has 10 heteroatoms. The smallest absolute Gasteiger partial charge is 0.411 e. The Hall–Kier alpha value is -2.59. The van der Waals surface area contributed by atoms with Crippen molar-refractivity contribution >= 4 is 26.1 Å². The molecule has 0 saturated carbocycles. The molecule has 208 valence electrons. The zero-order valence-electron chi connectivity index (χ0n) is 24.1. The molecule has 1 unspecified atom stereocenters. The summed E-state index contributed by atoms with van der Waals surface area (Å²) < 4.78 is 22.3. The number of nitrogens with zero attached hydrogens (tertiary/aromatic N) is 2. The third-order valence-corrected chi connectivity index (χ3v) is 11.4. The van der Waals surface area contributed by atoms with Crippen molar-refractivity contribution in [2.45, 2.75) is 84.3 Å². The van der Waals surface area contributed by atoms with Crippen molar-refractivity contribution < 1.29 is 33.0 Å². The molecule has 0 aliphatic carbocycles. The first-order valence-electron chi connectivity index (χ1n) is 12.6. The molecule has 0 spiro atoms. The summed E-state index contributed by atoms with van der Waals surface area (Å²) in [5.41, 5.74) is 0.102. The molecule has 9 nitrogen and oxygen atoms in total. The van der Waals surface area contributed by atoms with Crippen molar-refractivity contribution in [2.75, 3.05) is 33.9 Å². The van der Waals surface area contributed by atoms with Gasteiger partial charge in [0.15, 0.2) is 14.1 Å². The molecule has 37 heavy (non-hydrogen) atoms. The van der Waals surface area contributed by atoms with Gasteiger partial charge in [0, 0.05) is 31.1 Å². The Bertz CT molecular complexity index is 982. The van der Waals surface area contributed by atoms with E-state index in [0.717, 1.165) is 5.56 Å². The van der Waals surface area contributed by atoms with Crippen LogP contribution in [0.3, 0.4) is 0 Å². The van der Waals surface area contributed by atoms with Crippen LogP contribution in [0.1, 0.15) is 53.5 Å². The molecule has 1 heterocycles. The lowest BCUT2D eigenvalue weighted by Crippen LogP contribution is -2.65. The van der Waals surface area contributed by atoms with Gasteiger partial charge in [-0.3, -0.25) is 14.5 Å². The highest BCUT2D eigenvalue weighted by Gasteiger charge is 2.44. The number of β-lactam (4-membered cyclic amide) rings is 1. The normalized spacial score (nSPS) is 16.2. The molecule has 1 aromatic carbocycles. The Morgan fingerprint density at radius 2 is 1.73 bits per heavy atom. The highest BCUT2D eigenvalue weighted by atomic mass is 28.4. The van der Waals surface area contributed by atoms with Crippen molar-refractivity contribution in [3.05, 3.63) is 23.8 Å². The molecule has 2 rings (SSSR count). The van der Waals surface area contributed by atoms with Crippen LogP contribution in [0.4, 0.5) is 4.79 Å². The van der Waals surface area contributed by atoms with E-state index in [1.165, 1.54) is 4.90 Å². The topological polar surface area (TPSA) is 94.6 Å². The maximum absolute atomic E-state index is 13.1. The van der Waals surface area contributed by atoms with Crippen molar-refractivity contribution in [1.82, 2.24) is 9.80 Å². The molecule has 1 aliphatic rings. The van der Waals surface area contributed by atoms with E-state index in [-0.39, 0.29) is 36.3 Å². The van der Waals surface area contributed by atoms with Crippen LogP contribution in [0.5, 0.6) is 11.5 Å². The molecule has 1 atom stereocenters. The highest BCUT2D eigenvalue weighted by molar-refractivity contribution is 6.74. The average molecular weight is 537 g/mol. The van der Waals surface area contributed by atoms with Gasteiger partial charge in [0.2, 0.25) is 5.91 Å². The number of likely N-dealkylation sites (tertiary alicyclic amines) is 1. The molecule has 1 aliphatic heterocycles. The zero-order valence-corrected chi connectivity index (χ0v) is 25.1. The zero-order chi connectivity index (χ0) is 28.2. The lowest BCUT2D eigenvalue weighted by molar-refractivity contribution is -0.151. The fourth-order valence-corrected chi connectivity index (χ4v) is 4.48. The van der Waals surface area contributed by atoms with Crippen molar-refractivity contribution in [3.8, 4) is 11.5 Å². The Balaban J connectivity index is 2.07. The number of carbonyl (C=O) groups is 3. The van der Waals surface area contributed by atoms with Gasteiger partial charge in [-0.2, -0.15) is 0 Å². The van der Waals surface area contributed by atoms with Crippen LogP contribution < -0.4 is 9.47 Å². The van der Waals surface area contributed by atoms with E-state index in [1.54, 1.807) is 46.0 Å². The first-order chi connectivity index (χ1) is 17.0. The van der Waals surface area contributed by atoms with Crippen molar-refractivity contribution in [1.29, 1.82) is 0 Å². The second-order valence-corrected chi connectivity index (χ2v) is 16.7. The minimum atomic E-state index is -2.07. The lowest BCUT2D eigenvalue weighted by atomic mass is 10.0. The molecule has 1 fully saturated rings. The minimum absolute atomic E-state index is 0.000648. The third-order valence-electron chi connectivity index (χ3n) is 6.88. The molecule has 2 amide bonds. The van der Waals surface area contributed by atoms with E-state index in [0.29, 0.717) is 24.6 Å². The molecule has 0 radical (unpaired) electrons. The third kappa shape index (κ3) is 8.20. The molecule has 1 saturated heterocycles. The number of hydrogen-bond donors (Lipinski definition) is 0. The van der Waals surface area contributed by atoms with Crippen LogP contribution in [-0.2, 0) is 25.3 Å². The van der Waals surface area contributed by atoms with Crippen LogP contribution in [0, 0.1) is 0 Å². The number of ketones is 1. The van der Waals surface area contributed by atoms with Crippen LogP contribution >= 0.6 is 0 Å². The average Bonchev–Trinajstić information content (AvgIpc) is 2.79. The number of hydrogen-bond acceptors (Lipinski definition) is 7. The largest absolute Gasteiger partial charge is 0.497 e. The van der Waals surface area contributed by atoms with Gasteiger partial charge in [0.05, 0.1) is 27.4 Å². The molecule has 1 aromatic rings. The number of benzene rings is 1. The number of rotatable bonds is 11. The van der Waals surface area contributed by atoms with Gasteiger partial charge >= 0.3 is 6.09 Å². The number of carbonyl (C=O) groups excluding carboxylic acids is 3. The van der Waals surface area contributed by atoms with Gasteiger partial charge in [-0.05, 0) is 51.0 Å². The summed E-state index contributed by atoms with van der Waals surface area (Å²) in [5, 5.41) is -0.00972. The van der Waals surface area contributed by atoms with Gasteiger partial charge in [-0.25, -0.2) is 4.79 Å². The maximum atomic E-state index is 13.1. The highest BCUT2D eigenvalue weighted by Crippen LogP contribution is 2.36. The molecule has 0 N–H and O–H groups in total. The van der Waals surface area contributed by atoms with Crippen LogP contribution in [0.25, 0.3) is 0 Å². The second kappa shape index (κ2) is 11.9. The summed E-state index contributed by atoms with van der Waals surface area (Å²) in [6.07, 6.45) is -0.519. The van der Waals surface area contributed by atoms with Gasteiger partial charge in [-0.1, -0.05) is 20.8 Å². The Labute approximate surface area is 222 Å². The fraction of sp³-hybridized carbons (Fsp3) is 0.667. The second-order valence-electron chi connectivity index (χ2n) is 11.9. The monoisotopic (exact) mass is 536 g/mol. The predicted octanol–water partition coefficient (Wildman–Crippen LogP) is 4.63. The first-order valence-corrected chi connectivity index (χ1v) is 15.5. The lowest BCUT2D eigenvalue weighted by Gasteiger charge is -2.44. The molecular formula is C27H44N2O7Si. The minimum Gasteiger partial charge on any atom is -0.497 e. The summed E-state index contributed by atoms with van der Waals surface area (Å²) in [7, 11) is 1.07. The molecule has 0 aromatic heterocycles. The van der Waals surface area contributed by atoms with E-state index in [9.17, 15) is 14.4 Å². The number of ether oxygens (including phenoxy) is 3. The summed E-state index contributed by atoms with van der Waals surface area (Å²) in [4.78, 5) is 41.8. The van der Waals surface area contributed by atoms with E-state index >= 15 is 0 Å². The van der Waals surface area contributed by atoms with Crippen molar-refractivity contribution in [2.24, 2.45) is 0 Å². The number of methoxy groups -OCH3 is 2. The van der Waals surface area contributed by atoms with Crippen LogP contribution in [0.15, 0.2) is 18.2 Å². The van der Waals surface area contributed by atoms with E-state index in [2.05, 4.69) is 33.9 Å². The fourth-order valence-electron chi connectivity index (χ4n) is 3.53. The van der Waals surface area contributed by atoms with E-state index < -0.39 is 26.1 Å². The summed E-state index contributed by atoms with van der Waals surface area (Å²) in [6, 6.07) is 4.74. The van der Waals surface area contributed by atoms with Gasteiger partial charge in [0.25, 0.3) is 0 Å². The molecular weight excluding hydrogens is 492 g/mol. The van der Waals surface area contributed by atoms with Gasteiger partial charge in [-0.15, -0.1) is 0 Å². The standard InChI is InChI=1S/C27H44N2O7Si/c1-26(2,3)36-25(32)29(14-13-20(30)18-35-37(9,10)27(4,5)6)22-17-28(24(22)31)16-19-11-12-21(33-7)15-23(19)34-8/h11-12,15,22H,13-14,16-18H2,1-10H3. The number of amides is 2. The maximum Gasteiger partial charge on any atom is 0.411 e. The summed E-state index contributed by atoms with van der Waals surface area (Å²) in [5.74, 6) is 0.970. The number of Topliss-reactive ketones (excluding diaryl/α,β-unsaturated/α-hetero) is 1. The summed E-state index contributed by atoms with van der Waals surface area (Å²) >= 11 is 0. The van der Waals surface area contributed by atoms with Gasteiger partial charge in [0.1, 0.15) is 23.1 Å². The Morgan fingerprint density at radius 3 is 2.24 bits per heavy atom. The first kappa shape index (κ1) is 30.6. The van der Waals surface area contributed by atoms with E-state index in [4.69, 9.17) is 18.6 Å². The predicted molar refractivity (Wildman–Crippen MR) is 144 cm³/mol. The van der Waals surface area contributed by atoms with Crippen molar-refractivity contribution in [3.63, 3.8) is 0 Å².